The van der Waals surface area contributed by atoms with Gasteiger partial charge in [0.2, 0.25) is 0 Å². The van der Waals surface area contributed by atoms with Crippen molar-refractivity contribution >= 4 is 17.9 Å². The van der Waals surface area contributed by atoms with Gasteiger partial charge in [-0.1, -0.05) is 33.6 Å². The quantitative estimate of drug-likeness (QED) is 0.331. The van der Waals surface area contributed by atoms with Crippen molar-refractivity contribution in [3.63, 3.8) is 0 Å². The van der Waals surface area contributed by atoms with Gasteiger partial charge in [-0.05, 0) is 6.42 Å². The first kappa shape index (κ1) is 19.4. The molecule has 122 valence electrons. The summed E-state index contributed by atoms with van der Waals surface area (Å²) >= 11 is 0. The minimum absolute atomic E-state index is 0.102. The Bertz CT molecular complexity index is 326. The Kier molecular flexibility index (Phi) is 11.3. The van der Waals surface area contributed by atoms with E-state index in [9.17, 15) is 14.4 Å². The van der Waals surface area contributed by atoms with Gasteiger partial charge < -0.3 is 14.2 Å². The molecule has 6 nitrogen and oxygen atoms in total. The molecule has 0 aromatic rings. The third-order valence-corrected chi connectivity index (χ3v) is 2.71. The van der Waals surface area contributed by atoms with Crippen LogP contribution in [0.15, 0.2) is 0 Å². The predicted octanol–water partition coefficient (Wildman–Crippen LogP) is 2.38. The monoisotopic (exact) mass is 302 g/mol. The van der Waals surface area contributed by atoms with Crippen LogP contribution in [0.25, 0.3) is 0 Å². The summed E-state index contributed by atoms with van der Waals surface area (Å²) < 4.78 is 15.0. The fraction of sp³-hybridized carbons (Fsp3) is 0.800. The molecule has 0 spiro atoms. The van der Waals surface area contributed by atoms with Crippen LogP contribution in [0.2, 0.25) is 0 Å². The molecule has 0 N–H and O–H groups in total. The summed E-state index contributed by atoms with van der Waals surface area (Å²) in [6.07, 6.45) is 2.39. The van der Waals surface area contributed by atoms with Crippen LogP contribution in [0.3, 0.4) is 0 Å². The van der Waals surface area contributed by atoms with Gasteiger partial charge in [0.15, 0.2) is 0 Å². The smallest absolute Gasteiger partial charge is 0.309 e. The van der Waals surface area contributed by atoms with Gasteiger partial charge in [-0.15, -0.1) is 0 Å². The maximum atomic E-state index is 11.6. The maximum absolute atomic E-state index is 11.6. The van der Waals surface area contributed by atoms with Crippen LogP contribution in [0.5, 0.6) is 0 Å². The molecule has 0 aliphatic carbocycles. The molecule has 21 heavy (non-hydrogen) atoms. The summed E-state index contributed by atoms with van der Waals surface area (Å²) in [5.41, 5.74) is 0. The van der Waals surface area contributed by atoms with E-state index in [1.807, 2.05) is 0 Å². The molecule has 0 aliphatic heterocycles. The molecule has 0 aliphatic rings. The first-order chi connectivity index (χ1) is 10.0. The molecule has 0 bridgehead atoms. The number of rotatable bonds is 11. The zero-order valence-corrected chi connectivity index (χ0v) is 13.2. The molecule has 0 rings (SSSR count). The molecule has 0 amide bonds. The Morgan fingerprint density at radius 2 is 1.52 bits per heavy atom. The molecule has 6 heteroatoms. The van der Waals surface area contributed by atoms with Crippen LogP contribution in [0, 0.1) is 0 Å². The Hall–Kier alpha value is -1.59. The first-order valence-corrected chi connectivity index (χ1v) is 7.54. The largest absolute Gasteiger partial charge is 0.466 e. The molecule has 0 fully saturated rings. The van der Waals surface area contributed by atoms with Crippen molar-refractivity contribution < 1.29 is 28.6 Å². The Morgan fingerprint density at radius 3 is 2.10 bits per heavy atom. The summed E-state index contributed by atoms with van der Waals surface area (Å²) in [7, 11) is 0. The number of carbonyl (C=O) groups excluding carboxylic acids is 3. The first-order valence-electron chi connectivity index (χ1n) is 7.54. The van der Waals surface area contributed by atoms with Gasteiger partial charge in [0.1, 0.15) is 12.7 Å². The number of hydrogen-bond acceptors (Lipinski definition) is 6. The van der Waals surface area contributed by atoms with Gasteiger partial charge in [-0.25, -0.2) is 0 Å². The van der Waals surface area contributed by atoms with E-state index in [0.717, 1.165) is 19.3 Å². The standard InChI is InChI=1S/C15H26O6/c1-4-7-8-9-19-15(18)10-12(21-14(17)6-3)11-20-13(16)5-2/h12H,4-11H2,1-3H3. The highest BCUT2D eigenvalue weighted by Crippen LogP contribution is 2.06. The highest BCUT2D eigenvalue weighted by Gasteiger charge is 2.20. The third kappa shape index (κ3) is 10.8. The summed E-state index contributed by atoms with van der Waals surface area (Å²) in [5.74, 6) is -1.29. The number of hydrogen-bond donors (Lipinski definition) is 0. The summed E-state index contributed by atoms with van der Waals surface area (Å²) in [6.45, 7) is 5.61. The third-order valence-electron chi connectivity index (χ3n) is 2.71. The summed E-state index contributed by atoms with van der Waals surface area (Å²) in [6, 6.07) is 0. The number of unbranched alkanes of at least 4 members (excludes halogenated alkanes) is 2. The average Bonchev–Trinajstić information content (AvgIpc) is 2.48. The molecular formula is C15H26O6. The highest BCUT2D eigenvalue weighted by atomic mass is 16.6. The molecular weight excluding hydrogens is 276 g/mol. The zero-order valence-electron chi connectivity index (χ0n) is 13.2. The van der Waals surface area contributed by atoms with Crippen LogP contribution in [-0.4, -0.2) is 37.2 Å². The second kappa shape index (κ2) is 12.2. The molecule has 1 unspecified atom stereocenters. The van der Waals surface area contributed by atoms with Crippen LogP contribution in [-0.2, 0) is 28.6 Å². The number of ether oxygens (including phenoxy) is 3. The van der Waals surface area contributed by atoms with Gasteiger partial charge in [0.05, 0.1) is 13.0 Å². The molecule has 0 heterocycles. The lowest BCUT2D eigenvalue weighted by Crippen LogP contribution is -2.28. The molecule has 0 radical (unpaired) electrons. The van der Waals surface area contributed by atoms with Crippen LogP contribution < -0.4 is 0 Å². The topological polar surface area (TPSA) is 78.9 Å². The zero-order chi connectivity index (χ0) is 16.1. The maximum Gasteiger partial charge on any atom is 0.309 e. The van der Waals surface area contributed by atoms with Crippen molar-refractivity contribution in [1.29, 1.82) is 0 Å². The average molecular weight is 302 g/mol. The second-order valence-electron chi connectivity index (χ2n) is 4.63. The number of carbonyl (C=O) groups is 3. The fourth-order valence-corrected chi connectivity index (χ4v) is 1.47. The van der Waals surface area contributed by atoms with E-state index in [2.05, 4.69) is 6.92 Å². The molecule has 0 saturated carbocycles. The van der Waals surface area contributed by atoms with Crippen molar-refractivity contribution in [2.24, 2.45) is 0 Å². The van der Waals surface area contributed by atoms with Crippen LogP contribution in [0.1, 0.15) is 59.3 Å². The van der Waals surface area contributed by atoms with Gasteiger partial charge in [-0.3, -0.25) is 14.4 Å². The Morgan fingerprint density at radius 1 is 0.857 bits per heavy atom. The lowest BCUT2D eigenvalue weighted by atomic mass is 10.2. The van der Waals surface area contributed by atoms with E-state index in [1.54, 1.807) is 13.8 Å². The highest BCUT2D eigenvalue weighted by molar-refractivity contribution is 5.73. The second-order valence-corrected chi connectivity index (χ2v) is 4.63. The van der Waals surface area contributed by atoms with E-state index in [4.69, 9.17) is 14.2 Å². The molecule has 0 saturated heterocycles. The Labute approximate surface area is 126 Å². The number of esters is 3. The SMILES string of the molecule is CCCCCOC(=O)CC(COC(=O)CC)OC(=O)CC. The van der Waals surface area contributed by atoms with Gasteiger partial charge in [0, 0.05) is 12.8 Å². The molecule has 1 atom stereocenters. The van der Waals surface area contributed by atoms with E-state index < -0.39 is 24.0 Å². The van der Waals surface area contributed by atoms with Crippen molar-refractivity contribution in [2.45, 2.75) is 65.4 Å². The minimum atomic E-state index is -0.786. The van der Waals surface area contributed by atoms with Crippen molar-refractivity contribution in [3.8, 4) is 0 Å². The molecule has 0 aromatic carbocycles. The van der Waals surface area contributed by atoms with E-state index in [1.165, 1.54) is 0 Å². The lowest BCUT2D eigenvalue weighted by Gasteiger charge is -2.17. The summed E-state index contributed by atoms with van der Waals surface area (Å²) in [5, 5.41) is 0. The van der Waals surface area contributed by atoms with Crippen LogP contribution in [0.4, 0.5) is 0 Å². The van der Waals surface area contributed by atoms with Crippen molar-refractivity contribution in [3.05, 3.63) is 0 Å². The normalized spacial score (nSPS) is 11.6. The Balaban J connectivity index is 4.20. The van der Waals surface area contributed by atoms with Crippen molar-refractivity contribution in [2.75, 3.05) is 13.2 Å². The van der Waals surface area contributed by atoms with E-state index in [-0.39, 0.29) is 25.9 Å². The fourth-order valence-electron chi connectivity index (χ4n) is 1.47. The van der Waals surface area contributed by atoms with E-state index >= 15 is 0 Å². The van der Waals surface area contributed by atoms with Gasteiger partial charge >= 0.3 is 17.9 Å². The van der Waals surface area contributed by atoms with Crippen LogP contribution >= 0.6 is 0 Å². The lowest BCUT2D eigenvalue weighted by molar-refractivity contribution is -0.163. The molecule has 0 aromatic heterocycles. The van der Waals surface area contributed by atoms with Gasteiger partial charge in [-0.2, -0.15) is 0 Å². The minimum Gasteiger partial charge on any atom is -0.466 e. The van der Waals surface area contributed by atoms with E-state index in [0.29, 0.717) is 6.61 Å². The van der Waals surface area contributed by atoms with Gasteiger partial charge in [0.25, 0.3) is 0 Å². The summed E-state index contributed by atoms with van der Waals surface area (Å²) in [4.78, 5) is 34.1. The predicted molar refractivity (Wildman–Crippen MR) is 76.5 cm³/mol. The van der Waals surface area contributed by atoms with Crippen molar-refractivity contribution in [1.82, 2.24) is 0 Å².